The lowest BCUT2D eigenvalue weighted by Crippen LogP contribution is -2.40. The zero-order valence-corrected chi connectivity index (χ0v) is 7.43. The van der Waals surface area contributed by atoms with Gasteiger partial charge in [0.2, 0.25) is 0 Å². The minimum Gasteiger partial charge on any atom is -0.387 e. The topological polar surface area (TPSA) is 142 Å². The van der Waals surface area contributed by atoms with Gasteiger partial charge in [0.25, 0.3) is 0 Å². The number of aliphatic hydroxyl groups is 7. The summed E-state index contributed by atoms with van der Waals surface area (Å²) in [6, 6.07) is 0. The largest absolute Gasteiger partial charge is 0.387 e. The van der Waals surface area contributed by atoms with Gasteiger partial charge in [0.15, 0.2) is 18.9 Å². The van der Waals surface area contributed by atoms with E-state index in [0.29, 0.717) is 0 Å². The summed E-state index contributed by atoms with van der Waals surface area (Å²) in [5, 5.41) is 60.7. The lowest BCUT2D eigenvalue weighted by atomic mass is 9.95. The van der Waals surface area contributed by atoms with Crippen LogP contribution in [0.3, 0.4) is 0 Å². The van der Waals surface area contributed by atoms with Gasteiger partial charge in [0, 0.05) is 5.92 Å². The Morgan fingerprint density at radius 3 is 1.43 bits per heavy atom. The molecule has 2 unspecified atom stereocenters. The van der Waals surface area contributed by atoms with E-state index in [9.17, 15) is 0 Å². The van der Waals surface area contributed by atoms with Crippen LogP contribution >= 0.6 is 0 Å². The van der Waals surface area contributed by atoms with Crippen molar-refractivity contribution in [1.82, 2.24) is 0 Å². The van der Waals surface area contributed by atoms with Crippen LogP contribution in [0.1, 0.15) is 12.8 Å². The minimum absolute atomic E-state index is 0.159. The van der Waals surface area contributed by atoms with Crippen molar-refractivity contribution < 1.29 is 35.7 Å². The molecule has 0 amide bonds. The Morgan fingerprint density at radius 2 is 1.14 bits per heavy atom. The maximum absolute atomic E-state index is 9.09. The van der Waals surface area contributed by atoms with Crippen LogP contribution < -0.4 is 0 Å². The second kappa shape index (κ2) is 6.25. The first-order chi connectivity index (χ1) is 6.36. The lowest BCUT2D eigenvalue weighted by Gasteiger charge is -2.25. The van der Waals surface area contributed by atoms with Gasteiger partial charge in [-0.15, -0.1) is 0 Å². The lowest BCUT2D eigenvalue weighted by molar-refractivity contribution is -0.193. The Morgan fingerprint density at radius 1 is 0.643 bits per heavy atom. The third-order valence-electron chi connectivity index (χ3n) is 1.89. The van der Waals surface area contributed by atoms with Crippen LogP contribution in [0.5, 0.6) is 0 Å². The highest BCUT2D eigenvalue weighted by molar-refractivity contribution is 4.72. The van der Waals surface area contributed by atoms with E-state index in [4.69, 9.17) is 35.7 Å². The first-order valence-electron chi connectivity index (χ1n) is 4.12. The van der Waals surface area contributed by atoms with Crippen molar-refractivity contribution in [3.8, 4) is 0 Å². The molecule has 0 aliphatic heterocycles. The SMILES string of the molecule is OC(O)CCC(C(O)O)C(O)C(O)O. The Bertz CT molecular complexity index is 147. The zero-order valence-electron chi connectivity index (χ0n) is 7.43. The van der Waals surface area contributed by atoms with Crippen molar-refractivity contribution in [2.75, 3.05) is 0 Å². The van der Waals surface area contributed by atoms with E-state index in [0.717, 1.165) is 0 Å². The average Bonchev–Trinajstić information content (AvgIpc) is 2.02. The third kappa shape index (κ3) is 4.82. The van der Waals surface area contributed by atoms with Crippen molar-refractivity contribution in [3.05, 3.63) is 0 Å². The Hall–Kier alpha value is -0.280. The van der Waals surface area contributed by atoms with Gasteiger partial charge in [-0.1, -0.05) is 0 Å². The molecule has 2 atom stereocenters. The molecule has 0 spiro atoms. The summed E-state index contributed by atoms with van der Waals surface area (Å²) >= 11 is 0. The van der Waals surface area contributed by atoms with Gasteiger partial charge in [-0.05, 0) is 12.8 Å². The molecular weight excluding hydrogens is 196 g/mol. The van der Waals surface area contributed by atoms with Gasteiger partial charge in [-0.3, -0.25) is 0 Å². The molecule has 14 heavy (non-hydrogen) atoms. The monoisotopic (exact) mass is 212 g/mol. The predicted octanol–water partition coefficient (Wildman–Crippen LogP) is -3.32. The van der Waals surface area contributed by atoms with Crippen LogP contribution in [0, 0.1) is 5.92 Å². The fraction of sp³-hybridized carbons (Fsp3) is 1.00. The predicted molar refractivity (Wildman–Crippen MR) is 43.4 cm³/mol. The summed E-state index contributed by atoms with van der Waals surface area (Å²) in [6.07, 6.45) is -7.79. The molecule has 0 saturated heterocycles. The molecule has 7 heteroatoms. The highest BCUT2D eigenvalue weighted by Crippen LogP contribution is 2.17. The van der Waals surface area contributed by atoms with Gasteiger partial charge in [-0.2, -0.15) is 0 Å². The first kappa shape index (κ1) is 13.7. The summed E-state index contributed by atoms with van der Waals surface area (Å²) in [5.41, 5.74) is 0. The maximum Gasteiger partial charge on any atom is 0.178 e. The molecule has 0 aliphatic rings. The Labute approximate surface area is 80.5 Å². The van der Waals surface area contributed by atoms with Crippen molar-refractivity contribution in [3.63, 3.8) is 0 Å². The molecule has 0 aromatic heterocycles. The van der Waals surface area contributed by atoms with E-state index in [1.54, 1.807) is 0 Å². The molecule has 7 N–H and O–H groups in total. The van der Waals surface area contributed by atoms with Crippen LogP contribution in [0.2, 0.25) is 0 Å². The van der Waals surface area contributed by atoms with Gasteiger partial charge in [0.1, 0.15) is 6.10 Å². The second-order valence-electron chi connectivity index (χ2n) is 3.04. The number of hydrogen-bond acceptors (Lipinski definition) is 7. The molecule has 0 rings (SSSR count). The average molecular weight is 212 g/mol. The fourth-order valence-corrected chi connectivity index (χ4v) is 1.06. The van der Waals surface area contributed by atoms with E-state index in [-0.39, 0.29) is 12.8 Å². The highest BCUT2D eigenvalue weighted by atomic mass is 16.5. The van der Waals surface area contributed by atoms with E-state index >= 15 is 0 Å². The normalized spacial score (nSPS) is 16.7. The summed E-state index contributed by atoms with van der Waals surface area (Å²) in [6.45, 7) is 0. The number of aliphatic hydroxyl groups excluding tert-OH is 4. The van der Waals surface area contributed by atoms with Crippen LogP contribution in [0.15, 0.2) is 0 Å². The molecular formula is C7H16O7. The Balaban J connectivity index is 4.15. The molecule has 0 fully saturated rings. The van der Waals surface area contributed by atoms with Crippen LogP contribution in [-0.2, 0) is 0 Å². The van der Waals surface area contributed by atoms with Gasteiger partial charge < -0.3 is 35.7 Å². The maximum atomic E-state index is 9.09. The van der Waals surface area contributed by atoms with Crippen molar-refractivity contribution in [1.29, 1.82) is 0 Å². The molecule has 7 nitrogen and oxygen atoms in total. The van der Waals surface area contributed by atoms with E-state index in [1.807, 2.05) is 0 Å². The molecule has 86 valence electrons. The van der Waals surface area contributed by atoms with Crippen LogP contribution in [0.25, 0.3) is 0 Å². The van der Waals surface area contributed by atoms with Gasteiger partial charge >= 0.3 is 0 Å². The summed E-state index contributed by atoms with van der Waals surface area (Å²) in [7, 11) is 0. The molecule has 0 saturated carbocycles. The van der Waals surface area contributed by atoms with Crippen molar-refractivity contribution in [2.45, 2.75) is 37.8 Å². The second-order valence-corrected chi connectivity index (χ2v) is 3.04. The molecule has 0 bridgehead atoms. The molecule has 0 aliphatic carbocycles. The van der Waals surface area contributed by atoms with Crippen LogP contribution in [-0.4, -0.2) is 60.7 Å². The Kier molecular flexibility index (Phi) is 6.12. The fourth-order valence-electron chi connectivity index (χ4n) is 1.06. The summed E-state index contributed by atoms with van der Waals surface area (Å²) < 4.78 is 0. The van der Waals surface area contributed by atoms with E-state index < -0.39 is 30.9 Å². The highest BCUT2D eigenvalue weighted by Gasteiger charge is 2.30. The quantitative estimate of drug-likeness (QED) is 0.228. The standard InChI is InChI=1S/C7H16O7/c8-4(9)2-1-3(6(11)12)5(10)7(13)14/h3-14H,1-2H2. The molecule has 0 aromatic carbocycles. The molecule has 0 heterocycles. The summed E-state index contributed by atoms with van der Waals surface area (Å²) in [4.78, 5) is 0. The van der Waals surface area contributed by atoms with Gasteiger partial charge in [-0.25, -0.2) is 0 Å². The zero-order chi connectivity index (χ0) is 11.3. The van der Waals surface area contributed by atoms with Crippen molar-refractivity contribution >= 4 is 0 Å². The molecule has 0 aromatic rings. The van der Waals surface area contributed by atoms with Crippen molar-refractivity contribution in [2.24, 2.45) is 5.92 Å². The first-order valence-corrected chi connectivity index (χ1v) is 4.12. The number of hydrogen-bond donors (Lipinski definition) is 7. The number of rotatable bonds is 6. The van der Waals surface area contributed by atoms with E-state index in [2.05, 4.69) is 0 Å². The third-order valence-corrected chi connectivity index (χ3v) is 1.89. The minimum atomic E-state index is -2.10. The molecule has 0 radical (unpaired) electrons. The van der Waals surface area contributed by atoms with Gasteiger partial charge in [0.05, 0.1) is 0 Å². The van der Waals surface area contributed by atoms with E-state index in [1.165, 1.54) is 0 Å². The smallest absolute Gasteiger partial charge is 0.178 e. The van der Waals surface area contributed by atoms with Crippen LogP contribution in [0.4, 0.5) is 0 Å². The summed E-state index contributed by atoms with van der Waals surface area (Å²) in [5.74, 6) is -1.24.